The van der Waals surface area contributed by atoms with E-state index >= 15 is 0 Å². The van der Waals surface area contributed by atoms with Gasteiger partial charge in [-0.25, -0.2) is 4.79 Å². The van der Waals surface area contributed by atoms with E-state index in [0.29, 0.717) is 0 Å². The third kappa shape index (κ3) is 3.17. The largest absolute Gasteiger partial charge is 0.479 e. The first-order valence-corrected chi connectivity index (χ1v) is 4.94. The fraction of sp³-hybridized carbons (Fsp3) is 0.778. The van der Waals surface area contributed by atoms with Crippen LogP contribution in [0.5, 0.6) is 0 Å². The van der Waals surface area contributed by atoms with Crippen LogP contribution in [0.25, 0.3) is 0 Å². The Balaban J connectivity index is 2.32. The van der Waals surface area contributed by atoms with Crippen LogP contribution in [0.15, 0.2) is 0 Å². The van der Waals surface area contributed by atoms with Gasteiger partial charge < -0.3 is 20.8 Å². The van der Waals surface area contributed by atoms with Crippen LogP contribution in [0.3, 0.4) is 0 Å². The minimum Gasteiger partial charge on any atom is -0.479 e. The van der Waals surface area contributed by atoms with Crippen molar-refractivity contribution in [2.75, 3.05) is 13.1 Å². The summed E-state index contributed by atoms with van der Waals surface area (Å²) in [5, 5.41) is 22.8. The average Bonchev–Trinajstić information content (AvgIpc) is 2.60. The molecule has 86 valence electrons. The van der Waals surface area contributed by atoms with E-state index in [9.17, 15) is 9.59 Å². The zero-order valence-electron chi connectivity index (χ0n) is 8.56. The van der Waals surface area contributed by atoms with Crippen molar-refractivity contribution in [3.63, 3.8) is 0 Å². The molecule has 1 rings (SSSR count). The van der Waals surface area contributed by atoms with Crippen molar-refractivity contribution in [3.8, 4) is 0 Å². The Labute approximate surface area is 87.7 Å². The van der Waals surface area contributed by atoms with Gasteiger partial charge in [0.25, 0.3) is 0 Å². The van der Waals surface area contributed by atoms with E-state index in [1.807, 2.05) is 6.92 Å². The molecule has 1 saturated heterocycles. The molecule has 0 radical (unpaired) electrons. The van der Waals surface area contributed by atoms with Gasteiger partial charge in [-0.2, -0.15) is 0 Å². The third-order valence-electron chi connectivity index (χ3n) is 2.57. The molecule has 15 heavy (non-hydrogen) atoms. The number of hydrogen-bond acceptors (Lipinski definition) is 4. The average molecular weight is 216 g/mol. The van der Waals surface area contributed by atoms with Crippen molar-refractivity contribution < 1.29 is 19.8 Å². The zero-order valence-corrected chi connectivity index (χ0v) is 8.56. The van der Waals surface area contributed by atoms with Crippen LogP contribution >= 0.6 is 0 Å². The number of carbonyl (C=O) groups is 2. The van der Waals surface area contributed by atoms with Crippen LogP contribution in [0.2, 0.25) is 0 Å². The second kappa shape index (κ2) is 5.09. The molecule has 4 N–H and O–H groups in total. The highest BCUT2D eigenvalue weighted by molar-refractivity contribution is 5.83. The number of rotatable bonds is 4. The molecule has 6 nitrogen and oxygen atoms in total. The van der Waals surface area contributed by atoms with E-state index in [1.165, 1.54) is 0 Å². The molecule has 0 aliphatic carbocycles. The van der Waals surface area contributed by atoms with Gasteiger partial charge in [-0.1, -0.05) is 6.92 Å². The number of carboxylic acid groups (broad SMARTS) is 1. The minimum absolute atomic E-state index is 0.243. The predicted molar refractivity (Wildman–Crippen MR) is 52.2 cm³/mol. The van der Waals surface area contributed by atoms with E-state index in [-0.39, 0.29) is 24.4 Å². The quantitative estimate of drug-likeness (QED) is 0.460. The first-order valence-electron chi connectivity index (χ1n) is 4.94. The highest BCUT2D eigenvalue weighted by Gasteiger charge is 2.29. The molecule has 0 aromatic heterocycles. The van der Waals surface area contributed by atoms with E-state index in [1.54, 1.807) is 0 Å². The SMILES string of the molecule is CC1CCNC1C(=O)NCC(O)C(=O)O. The van der Waals surface area contributed by atoms with Gasteiger partial charge in [-0.3, -0.25) is 4.79 Å². The number of aliphatic hydroxyl groups is 1. The molecule has 3 atom stereocenters. The van der Waals surface area contributed by atoms with E-state index in [2.05, 4.69) is 10.6 Å². The monoisotopic (exact) mass is 216 g/mol. The second-order valence-electron chi connectivity index (χ2n) is 3.80. The predicted octanol–water partition coefficient (Wildman–Crippen LogP) is -1.45. The molecule has 0 saturated carbocycles. The Kier molecular flexibility index (Phi) is 4.05. The van der Waals surface area contributed by atoms with Crippen LogP contribution in [-0.4, -0.2) is 47.3 Å². The lowest BCUT2D eigenvalue weighted by Gasteiger charge is -2.16. The topological polar surface area (TPSA) is 98.7 Å². The lowest BCUT2D eigenvalue weighted by molar-refractivity contribution is -0.146. The Morgan fingerprint density at radius 1 is 1.60 bits per heavy atom. The molecule has 0 spiro atoms. The summed E-state index contributed by atoms with van der Waals surface area (Å²) in [6.45, 7) is 2.50. The molecule has 1 amide bonds. The van der Waals surface area contributed by atoms with Crippen molar-refractivity contribution in [1.82, 2.24) is 10.6 Å². The van der Waals surface area contributed by atoms with Crippen LogP contribution in [0.4, 0.5) is 0 Å². The maximum Gasteiger partial charge on any atom is 0.334 e. The van der Waals surface area contributed by atoms with Gasteiger partial charge in [0.1, 0.15) is 0 Å². The van der Waals surface area contributed by atoms with Gasteiger partial charge in [0.15, 0.2) is 6.10 Å². The Hall–Kier alpha value is -1.14. The maximum atomic E-state index is 11.5. The molecule has 3 unspecified atom stereocenters. The van der Waals surface area contributed by atoms with Gasteiger partial charge in [0.2, 0.25) is 5.91 Å². The number of aliphatic hydroxyl groups excluding tert-OH is 1. The van der Waals surface area contributed by atoms with Gasteiger partial charge in [-0.15, -0.1) is 0 Å². The summed E-state index contributed by atoms with van der Waals surface area (Å²) in [5.41, 5.74) is 0. The van der Waals surface area contributed by atoms with E-state index < -0.39 is 12.1 Å². The Morgan fingerprint density at radius 3 is 2.73 bits per heavy atom. The lowest BCUT2D eigenvalue weighted by Crippen LogP contribution is -2.46. The number of carbonyl (C=O) groups excluding carboxylic acids is 1. The lowest BCUT2D eigenvalue weighted by atomic mass is 10.0. The van der Waals surface area contributed by atoms with Crippen molar-refractivity contribution >= 4 is 11.9 Å². The summed E-state index contributed by atoms with van der Waals surface area (Å²) in [4.78, 5) is 21.8. The highest BCUT2D eigenvalue weighted by atomic mass is 16.4. The smallest absolute Gasteiger partial charge is 0.334 e. The molecular weight excluding hydrogens is 200 g/mol. The summed E-state index contributed by atoms with van der Waals surface area (Å²) < 4.78 is 0. The molecule has 1 aliphatic rings. The first kappa shape index (κ1) is 11.9. The zero-order chi connectivity index (χ0) is 11.4. The molecular formula is C9H16N2O4. The second-order valence-corrected chi connectivity index (χ2v) is 3.80. The van der Waals surface area contributed by atoms with Crippen molar-refractivity contribution in [2.24, 2.45) is 5.92 Å². The van der Waals surface area contributed by atoms with Crippen molar-refractivity contribution in [1.29, 1.82) is 0 Å². The summed E-state index contributed by atoms with van der Waals surface area (Å²) in [6, 6.07) is -0.272. The first-order chi connectivity index (χ1) is 7.02. The normalized spacial score (nSPS) is 27.3. The maximum absolute atomic E-state index is 11.5. The molecule has 6 heteroatoms. The van der Waals surface area contributed by atoms with Crippen LogP contribution in [-0.2, 0) is 9.59 Å². The third-order valence-corrected chi connectivity index (χ3v) is 2.57. The summed E-state index contributed by atoms with van der Waals surface area (Å²) in [5.74, 6) is -1.34. The molecule has 1 aliphatic heterocycles. The van der Waals surface area contributed by atoms with Crippen LogP contribution in [0.1, 0.15) is 13.3 Å². The number of nitrogens with one attached hydrogen (secondary N) is 2. The van der Waals surface area contributed by atoms with E-state index in [0.717, 1.165) is 13.0 Å². The summed E-state index contributed by atoms with van der Waals surface area (Å²) in [6.07, 6.45) is -0.606. The molecule has 0 aromatic rings. The number of hydrogen-bond donors (Lipinski definition) is 4. The van der Waals surface area contributed by atoms with Gasteiger partial charge >= 0.3 is 5.97 Å². The Morgan fingerprint density at radius 2 is 2.27 bits per heavy atom. The number of amides is 1. The number of aliphatic carboxylic acids is 1. The Bertz CT molecular complexity index is 256. The highest BCUT2D eigenvalue weighted by Crippen LogP contribution is 2.13. The van der Waals surface area contributed by atoms with Crippen LogP contribution in [0, 0.1) is 5.92 Å². The molecule has 0 aromatic carbocycles. The standard InChI is InChI=1S/C9H16N2O4/c1-5-2-3-10-7(5)8(13)11-4-6(12)9(14)15/h5-7,10,12H,2-4H2,1H3,(H,11,13)(H,14,15). The van der Waals surface area contributed by atoms with Crippen molar-refractivity contribution in [3.05, 3.63) is 0 Å². The van der Waals surface area contributed by atoms with Crippen LogP contribution < -0.4 is 10.6 Å². The molecule has 1 fully saturated rings. The summed E-state index contributed by atoms with van der Waals surface area (Å²) in [7, 11) is 0. The van der Waals surface area contributed by atoms with Gasteiger partial charge in [0.05, 0.1) is 12.6 Å². The van der Waals surface area contributed by atoms with Crippen molar-refractivity contribution in [2.45, 2.75) is 25.5 Å². The minimum atomic E-state index is -1.54. The summed E-state index contributed by atoms with van der Waals surface area (Å²) >= 11 is 0. The number of carboxylic acids is 1. The van der Waals surface area contributed by atoms with Gasteiger partial charge in [0, 0.05) is 0 Å². The molecule has 0 bridgehead atoms. The van der Waals surface area contributed by atoms with E-state index in [4.69, 9.17) is 10.2 Å². The fourth-order valence-electron chi connectivity index (χ4n) is 1.58. The van der Waals surface area contributed by atoms with Gasteiger partial charge in [-0.05, 0) is 18.9 Å². The fourth-order valence-corrected chi connectivity index (χ4v) is 1.58. The molecule has 1 heterocycles.